The maximum atomic E-state index is 12.0. The Morgan fingerprint density at radius 3 is 2.00 bits per heavy atom. The molecule has 1 rings (SSSR count). The lowest BCUT2D eigenvalue weighted by atomic mass is 10.2. The topological polar surface area (TPSA) is 72.9 Å². The second-order valence-corrected chi connectivity index (χ2v) is 4.09. The average Bonchev–Trinajstić information content (AvgIpc) is 2.52. The van der Waals surface area contributed by atoms with Gasteiger partial charge in [-0.05, 0) is 11.6 Å². The molecular formula is C15H17NO5. The molecule has 1 aromatic carbocycles. The van der Waals surface area contributed by atoms with Crippen LogP contribution in [0.25, 0.3) is 6.08 Å². The van der Waals surface area contributed by atoms with E-state index in [1.807, 2.05) is 30.3 Å². The first-order valence-corrected chi connectivity index (χ1v) is 6.22. The smallest absolute Gasteiger partial charge is 0.325 e. The highest BCUT2D eigenvalue weighted by atomic mass is 16.5. The van der Waals surface area contributed by atoms with Crippen molar-refractivity contribution in [2.24, 2.45) is 0 Å². The van der Waals surface area contributed by atoms with E-state index in [1.54, 1.807) is 6.08 Å². The van der Waals surface area contributed by atoms with Gasteiger partial charge in [0.1, 0.15) is 13.1 Å². The van der Waals surface area contributed by atoms with Gasteiger partial charge in [0.05, 0.1) is 14.2 Å². The van der Waals surface area contributed by atoms with E-state index in [2.05, 4.69) is 9.47 Å². The number of amides is 1. The summed E-state index contributed by atoms with van der Waals surface area (Å²) in [5.74, 6) is -1.70. The molecule has 0 atom stereocenters. The minimum absolute atomic E-state index is 0.316. The van der Waals surface area contributed by atoms with Gasteiger partial charge in [0, 0.05) is 6.08 Å². The Labute approximate surface area is 122 Å². The molecule has 0 spiro atoms. The maximum Gasteiger partial charge on any atom is 0.325 e. The number of hydrogen-bond acceptors (Lipinski definition) is 5. The highest BCUT2D eigenvalue weighted by molar-refractivity contribution is 5.95. The molecule has 1 amide bonds. The monoisotopic (exact) mass is 291 g/mol. The van der Waals surface area contributed by atoms with Crippen molar-refractivity contribution in [3.05, 3.63) is 42.0 Å². The van der Waals surface area contributed by atoms with Gasteiger partial charge in [-0.1, -0.05) is 30.3 Å². The van der Waals surface area contributed by atoms with Crippen molar-refractivity contribution in [3.63, 3.8) is 0 Å². The van der Waals surface area contributed by atoms with Crippen molar-refractivity contribution in [1.82, 2.24) is 4.90 Å². The lowest BCUT2D eigenvalue weighted by molar-refractivity contribution is -0.150. The third-order valence-electron chi connectivity index (χ3n) is 2.62. The first-order chi connectivity index (χ1) is 10.1. The maximum absolute atomic E-state index is 12.0. The first kappa shape index (κ1) is 16.4. The number of benzene rings is 1. The van der Waals surface area contributed by atoms with Crippen LogP contribution >= 0.6 is 0 Å². The summed E-state index contributed by atoms with van der Waals surface area (Å²) in [6.45, 7) is -0.632. The van der Waals surface area contributed by atoms with Crippen LogP contribution in [0.5, 0.6) is 0 Å². The summed E-state index contributed by atoms with van der Waals surface area (Å²) in [6, 6.07) is 9.19. The Bertz CT molecular complexity index is 506. The van der Waals surface area contributed by atoms with E-state index in [9.17, 15) is 14.4 Å². The van der Waals surface area contributed by atoms with Gasteiger partial charge in [0.2, 0.25) is 5.91 Å². The van der Waals surface area contributed by atoms with Gasteiger partial charge in [0.15, 0.2) is 0 Å². The minimum Gasteiger partial charge on any atom is -0.468 e. The highest BCUT2D eigenvalue weighted by Gasteiger charge is 2.19. The number of ether oxygens (including phenoxy) is 2. The molecule has 0 saturated heterocycles. The highest BCUT2D eigenvalue weighted by Crippen LogP contribution is 2.02. The second kappa shape index (κ2) is 8.52. The van der Waals surface area contributed by atoms with Crippen LogP contribution in [-0.4, -0.2) is 50.1 Å². The number of carbonyl (C=O) groups is 3. The minimum atomic E-state index is -0.611. The van der Waals surface area contributed by atoms with Gasteiger partial charge < -0.3 is 14.4 Å². The molecule has 0 bridgehead atoms. The van der Waals surface area contributed by atoms with Gasteiger partial charge in [-0.3, -0.25) is 14.4 Å². The lowest BCUT2D eigenvalue weighted by Gasteiger charge is -2.18. The summed E-state index contributed by atoms with van der Waals surface area (Å²) < 4.78 is 9.00. The van der Waals surface area contributed by atoms with E-state index in [1.165, 1.54) is 20.3 Å². The van der Waals surface area contributed by atoms with Crippen molar-refractivity contribution in [3.8, 4) is 0 Å². The molecule has 0 aromatic heterocycles. The first-order valence-electron chi connectivity index (χ1n) is 6.22. The molecule has 0 heterocycles. The number of esters is 2. The van der Waals surface area contributed by atoms with Crippen LogP contribution in [-0.2, 0) is 23.9 Å². The van der Waals surface area contributed by atoms with E-state index < -0.39 is 17.8 Å². The van der Waals surface area contributed by atoms with Crippen molar-refractivity contribution >= 4 is 23.9 Å². The normalized spacial score (nSPS) is 10.2. The number of methoxy groups -OCH3 is 2. The number of hydrogen-bond donors (Lipinski definition) is 0. The van der Waals surface area contributed by atoms with Gasteiger partial charge in [-0.15, -0.1) is 0 Å². The number of nitrogens with zero attached hydrogens (tertiary/aromatic N) is 1. The van der Waals surface area contributed by atoms with Crippen molar-refractivity contribution in [2.75, 3.05) is 27.3 Å². The number of rotatable bonds is 6. The molecule has 6 heteroatoms. The summed E-state index contributed by atoms with van der Waals surface area (Å²) in [6.07, 6.45) is 2.89. The molecule has 0 unspecified atom stereocenters. The van der Waals surface area contributed by atoms with Crippen LogP contribution in [0.15, 0.2) is 36.4 Å². The van der Waals surface area contributed by atoms with Crippen LogP contribution in [0.4, 0.5) is 0 Å². The third kappa shape index (κ3) is 5.90. The van der Waals surface area contributed by atoms with Crippen molar-refractivity contribution in [1.29, 1.82) is 0 Å². The zero-order chi connectivity index (χ0) is 15.7. The summed E-state index contributed by atoms with van der Waals surface area (Å²) in [4.78, 5) is 35.7. The fraction of sp³-hybridized carbons (Fsp3) is 0.267. The lowest BCUT2D eigenvalue weighted by Crippen LogP contribution is -2.39. The van der Waals surface area contributed by atoms with Gasteiger partial charge in [0.25, 0.3) is 0 Å². The van der Waals surface area contributed by atoms with Gasteiger partial charge in [-0.25, -0.2) is 0 Å². The molecule has 0 aliphatic carbocycles. The fourth-order valence-corrected chi connectivity index (χ4v) is 1.49. The van der Waals surface area contributed by atoms with Crippen molar-refractivity contribution < 1.29 is 23.9 Å². The fourth-order valence-electron chi connectivity index (χ4n) is 1.49. The zero-order valence-corrected chi connectivity index (χ0v) is 11.9. The second-order valence-electron chi connectivity index (χ2n) is 4.09. The summed E-state index contributed by atoms with van der Waals surface area (Å²) in [5, 5.41) is 0. The quantitative estimate of drug-likeness (QED) is 0.574. The SMILES string of the molecule is COC(=O)CN(CC(=O)OC)C(=O)C=Cc1ccccc1. The third-order valence-corrected chi connectivity index (χ3v) is 2.62. The molecule has 112 valence electrons. The van der Waals surface area contributed by atoms with Gasteiger partial charge in [-0.2, -0.15) is 0 Å². The zero-order valence-electron chi connectivity index (χ0n) is 11.9. The van der Waals surface area contributed by atoms with Crippen LogP contribution < -0.4 is 0 Å². The molecule has 1 aromatic rings. The Morgan fingerprint density at radius 2 is 1.52 bits per heavy atom. The Hall–Kier alpha value is -2.63. The van der Waals surface area contributed by atoms with E-state index >= 15 is 0 Å². The average molecular weight is 291 g/mol. The molecule has 0 aliphatic rings. The van der Waals surface area contributed by atoms with Crippen LogP contribution in [0, 0.1) is 0 Å². The van der Waals surface area contributed by atoms with E-state index in [0.29, 0.717) is 0 Å². The molecule has 0 aliphatic heterocycles. The summed E-state index contributed by atoms with van der Waals surface area (Å²) in [5.41, 5.74) is 0.835. The molecule has 0 N–H and O–H groups in total. The predicted molar refractivity (Wildman–Crippen MR) is 76.1 cm³/mol. The standard InChI is InChI=1S/C15H17NO5/c1-20-14(18)10-16(11-15(19)21-2)13(17)9-8-12-6-4-3-5-7-12/h3-9H,10-11H2,1-2H3. The number of carbonyl (C=O) groups excluding carboxylic acids is 3. The molecule has 6 nitrogen and oxygen atoms in total. The molecule has 0 saturated carbocycles. The van der Waals surface area contributed by atoms with Crippen LogP contribution in [0.3, 0.4) is 0 Å². The van der Waals surface area contributed by atoms with E-state index in [4.69, 9.17) is 0 Å². The predicted octanol–water partition coefficient (Wildman–Crippen LogP) is 0.874. The van der Waals surface area contributed by atoms with E-state index in [-0.39, 0.29) is 13.1 Å². The molecule has 21 heavy (non-hydrogen) atoms. The van der Waals surface area contributed by atoms with E-state index in [0.717, 1.165) is 10.5 Å². The Kier molecular flexibility index (Phi) is 6.67. The summed E-state index contributed by atoms with van der Waals surface area (Å²) in [7, 11) is 2.42. The van der Waals surface area contributed by atoms with Crippen molar-refractivity contribution in [2.45, 2.75) is 0 Å². The Balaban J connectivity index is 2.76. The van der Waals surface area contributed by atoms with Gasteiger partial charge >= 0.3 is 11.9 Å². The molecular weight excluding hydrogens is 274 g/mol. The molecule has 0 fully saturated rings. The van der Waals surface area contributed by atoms with Crippen LogP contribution in [0.2, 0.25) is 0 Å². The molecule has 0 radical (unpaired) electrons. The Morgan fingerprint density at radius 1 is 1.00 bits per heavy atom. The van der Waals surface area contributed by atoms with Crippen LogP contribution in [0.1, 0.15) is 5.56 Å². The largest absolute Gasteiger partial charge is 0.468 e. The summed E-state index contributed by atoms with van der Waals surface area (Å²) >= 11 is 0.